The second kappa shape index (κ2) is 9.74. The molecule has 3 rings (SSSR count). The fourth-order valence-corrected chi connectivity index (χ4v) is 2.93. The highest BCUT2D eigenvalue weighted by Crippen LogP contribution is 2.29. The summed E-state index contributed by atoms with van der Waals surface area (Å²) in [6.45, 7) is 4.57. The molecule has 1 N–H and O–H groups in total. The lowest BCUT2D eigenvalue weighted by Crippen LogP contribution is -2.01. The average molecular weight is 403 g/mol. The predicted molar refractivity (Wildman–Crippen MR) is 119 cm³/mol. The maximum absolute atomic E-state index is 11.1. The van der Waals surface area contributed by atoms with Crippen LogP contribution in [0.1, 0.15) is 46.8 Å². The van der Waals surface area contributed by atoms with Gasteiger partial charge in [-0.1, -0.05) is 38.1 Å². The van der Waals surface area contributed by atoms with Crippen LogP contribution >= 0.6 is 0 Å². The van der Waals surface area contributed by atoms with Crippen molar-refractivity contribution in [1.29, 1.82) is 0 Å². The maximum Gasteiger partial charge on any atom is 0.335 e. The van der Waals surface area contributed by atoms with Crippen LogP contribution in [0.2, 0.25) is 0 Å². The third-order valence-corrected chi connectivity index (χ3v) is 4.68. The number of benzene rings is 3. The van der Waals surface area contributed by atoms with Gasteiger partial charge in [-0.3, -0.25) is 4.99 Å². The van der Waals surface area contributed by atoms with Crippen molar-refractivity contribution in [3.8, 4) is 11.5 Å². The molecule has 154 valence electrons. The molecule has 0 spiro atoms. The van der Waals surface area contributed by atoms with Crippen molar-refractivity contribution in [3.63, 3.8) is 0 Å². The molecule has 0 fully saturated rings. The Morgan fingerprint density at radius 2 is 1.80 bits per heavy atom. The van der Waals surface area contributed by atoms with Gasteiger partial charge < -0.3 is 14.6 Å². The molecule has 0 aliphatic rings. The number of aromatic carboxylic acids is 1. The number of carboxylic acid groups (broad SMARTS) is 1. The topological polar surface area (TPSA) is 68.1 Å². The molecule has 5 nitrogen and oxygen atoms in total. The molecule has 0 heterocycles. The van der Waals surface area contributed by atoms with Gasteiger partial charge in [0.15, 0.2) is 11.5 Å². The standard InChI is InChI=1S/C25H25NO4/c1-17(2)20-8-10-22(11-9-20)26-15-18-7-12-23(24(14-18)29-3)30-16-19-5-4-6-21(13-19)25(27)28/h4-15,17H,16H2,1-3H3,(H,27,28). The summed E-state index contributed by atoms with van der Waals surface area (Å²) in [4.78, 5) is 15.6. The van der Waals surface area contributed by atoms with E-state index in [1.165, 1.54) is 5.56 Å². The average Bonchev–Trinajstić information content (AvgIpc) is 2.76. The second-order valence-electron chi connectivity index (χ2n) is 7.21. The first kappa shape index (κ1) is 21.1. The van der Waals surface area contributed by atoms with Crippen LogP contribution < -0.4 is 9.47 Å². The van der Waals surface area contributed by atoms with E-state index in [1.807, 2.05) is 36.4 Å². The molecule has 0 aliphatic heterocycles. The zero-order chi connectivity index (χ0) is 21.5. The fourth-order valence-electron chi connectivity index (χ4n) is 2.93. The number of aliphatic imine (C=N–C) groups is 1. The number of carboxylic acids is 1. The molecule has 3 aromatic carbocycles. The van der Waals surface area contributed by atoms with Gasteiger partial charge in [0.1, 0.15) is 6.61 Å². The van der Waals surface area contributed by atoms with Crippen molar-refractivity contribution >= 4 is 17.9 Å². The van der Waals surface area contributed by atoms with E-state index in [9.17, 15) is 4.79 Å². The molecule has 0 unspecified atom stereocenters. The minimum absolute atomic E-state index is 0.232. The normalized spacial score (nSPS) is 11.1. The highest BCUT2D eigenvalue weighted by molar-refractivity contribution is 5.87. The quantitative estimate of drug-likeness (QED) is 0.479. The molecule has 0 aromatic heterocycles. The third-order valence-electron chi connectivity index (χ3n) is 4.68. The van der Waals surface area contributed by atoms with Crippen LogP contribution in [0, 0.1) is 0 Å². The summed E-state index contributed by atoms with van der Waals surface area (Å²) < 4.78 is 11.3. The zero-order valence-electron chi connectivity index (χ0n) is 17.3. The first-order valence-corrected chi connectivity index (χ1v) is 9.73. The van der Waals surface area contributed by atoms with E-state index in [-0.39, 0.29) is 12.2 Å². The summed E-state index contributed by atoms with van der Waals surface area (Å²) in [6, 6.07) is 20.4. The van der Waals surface area contributed by atoms with Crippen LogP contribution in [0.15, 0.2) is 71.7 Å². The van der Waals surface area contributed by atoms with E-state index in [0.717, 1.165) is 16.8 Å². The van der Waals surface area contributed by atoms with Crippen molar-refractivity contribution in [2.24, 2.45) is 4.99 Å². The molecule has 0 amide bonds. The summed E-state index contributed by atoms with van der Waals surface area (Å²) in [5, 5.41) is 9.10. The lowest BCUT2D eigenvalue weighted by molar-refractivity contribution is 0.0696. The lowest BCUT2D eigenvalue weighted by Gasteiger charge is -2.11. The number of hydrogen-bond donors (Lipinski definition) is 1. The van der Waals surface area contributed by atoms with E-state index in [2.05, 4.69) is 31.0 Å². The molecular weight excluding hydrogens is 378 g/mol. The number of nitrogens with zero attached hydrogens (tertiary/aromatic N) is 1. The SMILES string of the molecule is COc1cc(C=Nc2ccc(C(C)C)cc2)ccc1OCc1cccc(C(=O)O)c1. The molecule has 0 bridgehead atoms. The van der Waals surface area contributed by atoms with Gasteiger partial charge in [-0.25, -0.2) is 4.79 Å². The van der Waals surface area contributed by atoms with Crippen molar-refractivity contribution in [2.45, 2.75) is 26.4 Å². The first-order chi connectivity index (χ1) is 14.5. The monoisotopic (exact) mass is 403 g/mol. The molecule has 3 aromatic rings. The Kier molecular flexibility index (Phi) is 6.86. The third kappa shape index (κ3) is 5.47. The minimum atomic E-state index is -0.961. The van der Waals surface area contributed by atoms with Crippen molar-refractivity contribution < 1.29 is 19.4 Å². The molecule has 30 heavy (non-hydrogen) atoms. The van der Waals surface area contributed by atoms with Gasteiger partial charge in [0.25, 0.3) is 0 Å². The summed E-state index contributed by atoms with van der Waals surface area (Å²) in [6.07, 6.45) is 1.78. The Morgan fingerprint density at radius 3 is 2.47 bits per heavy atom. The highest BCUT2D eigenvalue weighted by Gasteiger charge is 2.08. The van der Waals surface area contributed by atoms with E-state index >= 15 is 0 Å². The summed E-state index contributed by atoms with van der Waals surface area (Å²) >= 11 is 0. The van der Waals surface area contributed by atoms with Gasteiger partial charge >= 0.3 is 5.97 Å². The van der Waals surface area contributed by atoms with E-state index in [1.54, 1.807) is 31.5 Å². The van der Waals surface area contributed by atoms with Crippen molar-refractivity contribution in [1.82, 2.24) is 0 Å². The lowest BCUT2D eigenvalue weighted by atomic mass is 10.0. The molecule has 0 aliphatic carbocycles. The summed E-state index contributed by atoms with van der Waals surface area (Å²) in [5.74, 6) is 0.698. The molecule has 0 radical (unpaired) electrons. The van der Waals surface area contributed by atoms with Gasteiger partial charge in [-0.05, 0) is 65.1 Å². The Hall–Kier alpha value is -3.60. The number of carbonyl (C=O) groups is 1. The predicted octanol–water partition coefficient (Wildman–Crippen LogP) is 5.85. The molecule has 0 saturated carbocycles. The highest BCUT2D eigenvalue weighted by atomic mass is 16.5. The van der Waals surface area contributed by atoms with Gasteiger partial charge in [-0.15, -0.1) is 0 Å². The molecular formula is C25H25NO4. The zero-order valence-corrected chi connectivity index (χ0v) is 17.3. The van der Waals surface area contributed by atoms with Gasteiger partial charge in [0.05, 0.1) is 18.4 Å². The van der Waals surface area contributed by atoms with Crippen LogP contribution in [-0.2, 0) is 6.61 Å². The van der Waals surface area contributed by atoms with Crippen molar-refractivity contribution in [2.75, 3.05) is 7.11 Å². The smallest absolute Gasteiger partial charge is 0.335 e. The summed E-state index contributed by atoms with van der Waals surface area (Å²) in [7, 11) is 1.58. The van der Waals surface area contributed by atoms with Crippen LogP contribution in [-0.4, -0.2) is 24.4 Å². The van der Waals surface area contributed by atoms with Gasteiger partial charge in [-0.2, -0.15) is 0 Å². The first-order valence-electron chi connectivity index (χ1n) is 9.73. The fraction of sp³-hybridized carbons (Fsp3) is 0.200. The number of rotatable bonds is 8. The minimum Gasteiger partial charge on any atom is -0.493 e. The van der Waals surface area contributed by atoms with Crippen LogP contribution in [0.4, 0.5) is 5.69 Å². The van der Waals surface area contributed by atoms with E-state index < -0.39 is 5.97 Å². The Morgan fingerprint density at radius 1 is 1.03 bits per heavy atom. The molecule has 0 saturated heterocycles. The number of methoxy groups -OCH3 is 1. The van der Waals surface area contributed by atoms with Crippen LogP contribution in [0.25, 0.3) is 0 Å². The van der Waals surface area contributed by atoms with Gasteiger partial charge in [0.2, 0.25) is 0 Å². The summed E-state index contributed by atoms with van der Waals surface area (Å²) in [5.41, 5.74) is 4.06. The molecule has 5 heteroatoms. The second-order valence-corrected chi connectivity index (χ2v) is 7.21. The van der Waals surface area contributed by atoms with E-state index in [4.69, 9.17) is 14.6 Å². The Bertz CT molecular complexity index is 1040. The largest absolute Gasteiger partial charge is 0.493 e. The van der Waals surface area contributed by atoms with Crippen LogP contribution in [0.5, 0.6) is 11.5 Å². The number of hydrogen-bond acceptors (Lipinski definition) is 4. The maximum atomic E-state index is 11.1. The number of ether oxygens (including phenoxy) is 2. The van der Waals surface area contributed by atoms with E-state index in [0.29, 0.717) is 17.4 Å². The molecule has 0 atom stereocenters. The van der Waals surface area contributed by atoms with Crippen molar-refractivity contribution in [3.05, 3.63) is 89.0 Å². The Labute approximate surface area is 176 Å². The van der Waals surface area contributed by atoms with Crippen LogP contribution in [0.3, 0.4) is 0 Å². The Balaban J connectivity index is 1.70. The van der Waals surface area contributed by atoms with Gasteiger partial charge in [0, 0.05) is 6.21 Å².